The van der Waals surface area contributed by atoms with Crippen molar-refractivity contribution >= 4 is 11.9 Å². The molecule has 30 heavy (non-hydrogen) atoms. The number of nitrogens with zero attached hydrogens (tertiary/aromatic N) is 1. The van der Waals surface area contributed by atoms with Gasteiger partial charge in [0.2, 0.25) is 0 Å². The third-order valence-electron chi connectivity index (χ3n) is 5.98. The molecule has 4 rings (SSSR count). The molecule has 0 saturated heterocycles. The minimum Gasteiger partial charge on any atom is -0.493 e. The first-order chi connectivity index (χ1) is 14.6. The Morgan fingerprint density at radius 3 is 2.27 bits per heavy atom. The fourth-order valence-electron chi connectivity index (χ4n) is 4.26. The second kappa shape index (κ2) is 8.78. The Hall–Kier alpha value is -3.02. The molecule has 1 heterocycles. The van der Waals surface area contributed by atoms with Crippen LogP contribution >= 0.6 is 0 Å². The molecule has 1 aliphatic carbocycles. The van der Waals surface area contributed by atoms with Crippen molar-refractivity contribution in [1.29, 1.82) is 0 Å². The van der Waals surface area contributed by atoms with Gasteiger partial charge >= 0.3 is 5.97 Å². The highest BCUT2D eigenvalue weighted by Crippen LogP contribution is 2.33. The molecule has 1 amide bonds. The summed E-state index contributed by atoms with van der Waals surface area (Å²) in [5.74, 6) is 0.696. The zero-order valence-electron chi connectivity index (χ0n) is 17.5. The number of hydrogen-bond donors (Lipinski definition) is 0. The number of amides is 1. The quantitative estimate of drug-likeness (QED) is 0.709. The van der Waals surface area contributed by atoms with Crippen LogP contribution in [0.2, 0.25) is 0 Å². The van der Waals surface area contributed by atoms with Crippen LogP contribution in [0, 0.1) is 0 Å². The van der Waals surface area contributed by atoms with E-state index in [4.69, 9.17) is 14.2 Å². The Bertz CT molecular complexity index is 968. The van der Waals surface area contributed by atoms with Crippen molar-refractivity contribution in [3.63, 3.8) is 0 Å². The zero-order chi connectivity index (χ0) is 21.1. The largest absolute Gasteiger partial charge is 0.493 e. The van der Waals surface area contributed by atoms with Crippen LogP contribution in [-0.4, -0.2) is 44.1 Å². The number of benzene rings is 2. The summed E-state index contributed by atoms with van der Waals surface area (Å²) in [4.78, 5) is 26.8. The molecule has 2 aromatic rings. The minimum atomic E-state index is -0.444. The summed E-state index contributed by atoms with van der Waals surface area (Å²) in [6, 6.07) is 9.60. The maximum atomic E-state index is 12.6. The van der Waals surface area contributed by atoms with Gasteiger partial charge in [-0.15, -0.1) is 0 Å². The van der Waals surface area contributed by atoms with E-state index >= 15 is 0 Å². The van der Waals surface area contributed by atoms with Crippen molar-refractivity contribution in [2.24, 2.45) is 0 Å². The second-order valence-corrected chi connectivity index (χ2v) is 7.81. The predicted molar refractivity (Wildman–Crippen MR) is 112 cm³/mol. The lowest BCUT2D eigenvalue weighted by atomic mass is 9.90. The smallest absolute Gasteiger partial charge is 0.338 e. The van der Waals surface area contributed by atoms with Crippen molar-refractivity contribution in [1.82, 2.24) is 4.90 Å². The molecule has 0 aromatic heterocycles. The van der Waals surface area contributed by atoms with E-state index < -0.39 is 5.97 Å². The summed E-state index contributed by atoms with van der Waals surface area (Å²) in [6.07, 6.45) is 5.13. The Morgan fingerprint density at radius 1 is 0.867 bits per heavy atom. The number of fused-ring (bicyclic) bond motifs is 2. The van der Waals surface area contributed by atoms with Gasteiger partial charge in [0.05, 0.1) is 19.8 Å². The van der Waals surface area contributed by atoms with E-state index in [-0.39, 0.29) is 12.5 Å². The Balaban J connectivity index is 1.37. The number of carbonyl (C=O) groups is 2. The molecule has 1 aliphatic heterocycles. The third-order valence-corrected chi connectivity index (χ3v) is 5.98. The van der Waals surface area contributed by atoms with E-state index in [1.165, 1.54) is 17.5 Å². The molecule has 0 radical (unpaired) electrons. The van der Waals surface area contributed by atoms with Crippen LogP contribution in [-0.2, 0) is 35.3 Å². The molecule has 0 saturated carbocycles. The average Bonchev–Trinajstić information content (AvgIpc) is 2.80. The normalized spacial score (nSPS) is 15.1. The first-order valence-electron chi connectivity index (χ1n) is 10.4. The van der Waals surface area contributed by atoms with Crippen molar-refractivity contribution in [2.45, 2.75) is 38.6 Å². The molecule has 0 fully saturated rings. The van der Waals surface area contributed by atoms with E-state index in [1.54, 1.807) is 25.2 Å². The summed E-state index contributed by atoms with van der Waals surface area (Å²) < 4.78 is 16.1. The highest BCUT2D eigenvalue weighted by Gasteiger charge is 2.24. The van der Waals surface area contributed by atoms with Crippen LogP contribution in [0.5, 0.6) is 11.5 Å². The monoisotopic (exact) mass is 409 g/mol. The van der Waals surface area contributed by atoms with E-state index in [0.29, 0.717) is 30.2 Å². The van der Waals surface area contributed by atoms with Gasteiger partial charge in [0.25, 0.3) is 5.91 Å². The molecule has 158 valence electrons. The number of carbonyl (C=O) groups excluding carboxylic acids is 2. The maximum absolute atomic E-state index is 12.6. The van der Waals surface area contributed by atoms with Gasteiger partial charge in [-0.3, -0.25) is 4.79 Å². The van der Waals surface area contributed by atoms with Crippen LogP contribution in [0.3, 0.4) is 0 Å². The first-order valence-corrected chi connectivity index (χ1v) is 10.4. The van der Waals surface area contributed by atoms with Gasteiger partial charge in [0.15, 0.2) is 18.1 Å². The lowest BCUT2D eigenvalue weighted by molar-refractivity contribution is -0.135. The number of methoxy groups -OCH3 is 2. The molecule has 6 nitrogen and oxygen atoms in total. The van der Waals surface area contributed by atoms with Gasteiger partial charge in [-0.2, -0.15) is 0 Å². The van der Waals surface area contributed by atoms with Gasteiger partial charge in [-0.25, -0.2) is 4.79 Å². The molecular formula is C24H27NO5. The second-order valence-electron chi connectivity index (χ2n) is 7.81. The van der Waals surface area contributed by atoms with Crippen LogP contribution in [0.15, 0.2) is 30.3 Å². The Kier molecular flexibility index (Phi) is 5.93. The van der Waals surface area contributed by atoms with E-state index in [2.05, 4.69) is 0 Å². The van der Waals surface area contributed by atoms with E-state index in [9.17, 15) is 9.59 Å². The SMILES string of the molecule is COc1cc2c(cc1OC)CN(C(=O)COC(=O)c1ccc3c(c1)CCCC3)CC2. The molecule has 0 N–H and O–H groups in total. The van der Waals surface area contributed by atoms with Crippen LogP contribution in [0.25, 0.3) is 0 Å². The van der Waals surface area contributed by atoms with Gasteiger partial charge in [0.1, 0.15) is 0 Å². The van der Waals surface area contributed by atoms with Crippen LogP contribution < -0.4 is 9.47 Å². The lowest BCUT2D eigenvalue weighted by Crippen LogP contribution is -2.38. The van der Waals surface area contributed by atoms with Gasteiger partial charge < -0.3 is 19.1 Å². The lowest BCUT2D eigenvalue weighted by Gasteiger charge is -2.29. The fourth-order valence-corrected chi connectivity index (χ4v) is 4.26. The first kappa shape index (κ1) is 20.3. The summed E-state index contributed by atoms with van der Waals surface area (Å²) in [5.41, 5.74) is 5.22. The minimum absolute atomic E-state index is 0.193. The van der Waals surface area contributed by atoms with E-state index in [0.717, 1.165) is 36.8 Å². The van der Waals surface area contributed by atoms with Crippen molar-refractivity contribution < 1.29 is 23.8 Å². The fraction of sp³-hybridized carbons (Fsp3) is 0.417. The molecule has 0 spiro atoms. The van der Waals surface area contributed by atoms with Crippen molar-refractivity contribution in [3.8, 4) is 11.5 Å². The van der Waals surface area contributed by atoms with Gasteiger partial charge in [0, 0.05) is 13.1 Å². The number of hydrogen-bond acceptors (Lipinski definition) is 5. The number of aryl methyl sites for hydroxylation is 2. The summed E-state index contributed by atoms with van der Waals surface area (Å²) >= 11 is 0. The third kappa shape index (κ3) is 4.13. The predicted octanol–water partition coefficient (Wildman–Crippen LogP) is 3.32. The molecule has 0 atom stereocenters. The van der Waals surface area contributed by atoms with Gasteiger partial charge in [-0.05, 0) is 78.6 Å². The van der Waals surface area contributed by atoms with Crippen LogP contribution in [0.1, 0.15) is 45.5 Å². The van der Waals surface area contributed by atoms with Gasteiger partial charge in [-0.1, -0.05) is 6.07 Å². The maximum Gasteiger partial charge on any atom is 0.338 e. The standard InChI is InChI=1S/C24H27NO5/c1-28-21-12-18-9-10-25(14-20(18)13-22(21)29-2)23(26)15-30-24(27)19-8-7-16-5-3-4-6-17(16)11-19/h7-8,11-13H,3-6,9-10,14-15H2,1-2H3. The highest BCUT2D eigenvalue weighted by molar-refractivity contribution is 5.91. The van der Waals surface area contributed by atoms with E-state index in [1.807, 2.05) is 24.3 Å². The molecule has 0 unspecified atom stereocenters. The molecule has 0 bridgehead atoms. The topological polar surface area (TPSA) is 65.1 Å². The number of rotatable bonds is 5. The zero-order valence-corrected chi connectivity index (χ0v) is 17.5. The Morgan fingerprint density at radius 2 is 1.53 bits per heavy atom. The number of esters is 1. The van der Waals surface area contributed by atoms with Crippen molar-refractivity contribution in [3.05, 3.63) is 58.1 Å². The summed E-state index contributed by atoms with van der Waals surface area (Å²) in [5, 5.41) is 0. The highest BCUT2D eigenvalue weighted by atomic mass is 16.5. The Labute approximate surface area is 176 Å². The molecule has 2 aromatic carbocycles. The number of ether oxygens (including phenoxy) is 3. The van der Waals surface area contributed by atoms with Crippen LogP contribution in [0.4, 0.5) is 0 Å². The molecule has 6 heteroatoms. The summed E-state index contributed by atoms with van der Waals surface area (Å²) in [7, 11) is 3.20. The average molecular weight is 409 g/mol. The molecule has 2 aliphatic rings. The molecular weight excluding hydrogens is 382 g/mol. The van der Waals surface area contributed by atoms with Crippen molar-refractivity contribution in [2.75, 3.05) is 27.4 Å². The summed E-state index contributed by atoms with van der Waals surface area (Å²) in [6.45, 7) is 0.793.